The zero-order valence-electron chi connectivity index (χ0n) is 13.0. The second kappa shape index (κ2) is 7.28. The van der Waals surface area contributed by atoms with E-state index in [1.54, 1.807) is 0 Å². The number of hydrogen-bond donors (Lipinski definition) is 1. The van der Waals surface area contributed by atoms with Gasteiger partial charge in [0.1, 0.15) is 9.84 Å². The Morgan fingerprint density at radius 1 is 1.27 bits per heavy atom. The van der Waals surface area contributed by atoms with E-state index in [-0.39, 0.29) is 11.7 Å². The summed E-state index contributed by atoms with van der Waals surface area (Å²) in [6.45, 7) is 4.04. The molecule has 1 aromatic heterocycles. The number of thioether (sulfide) groups is 1. The number of hydrogen-bond acceptors (Lipinski definition) is 5. The van der Waals surface area contributed by atoms with E-state index in [0.717, 1.165) is 17.8 Å². The van der Waals surface area contributed by atoms with Gasteiger partial charge in [-0.15, -0.1) is 5.10 Å². The van der Waals surface area contributed by atoms with Crippen molar-refractivity contribution in [1.29, 1.82) is 0 Å². The van der Waals surface area contributed by atoms with Gasteiger partial charge in [0.2, 0.25) is 5.16 Å². The molecule has 1 aromatic carbocycles. The third-order valence-corrected chi connectivity index (χ3v) is 5.54. The highest BCUT2D eigenvalue weighted by atomic mass is 32.2. The Morgan fingerprint density at radius 3 is 2.55 bits per heavy atom. The van der Waals surface area contributed by atoms with E-state index >= 15 is 0 Å². The number of aryl methyl sites for hydroxylation is 1. The number of nitrogens with zero attached hydrogens (tertiary/aromatic N) is 2. The number of aromatic nitrogens is 3. The monoisotopic (exact) mass is 339 g/mol. The first-order chi connectivity index (χ1) is 10.4. The van der Waals surface area contributed by atoms with Crippen molar-refractivity contribution >= 4 is 21.6 Å². The minimum Gasteiger partial charge on any atom is -0.258 e. The van der Waals surface area contributed by atoms with Crippen LogP contribution < -0.4 is 0 Å². The molecule has 0 saturated heterocycles. The molecule has 1 heterocycles. The van der Waals surface area contributed by atoms with Crippen LogP contribution in [-0.2, 0) is 16.3 Å². The van der Waals surface area contributed by atoms with Crippen molar-refractivity contribution in [2.75, 3.05) is 17.8 Å². The summed E-state index contributed by atoms with van der Waals surface area (Å²) in [4.78, 5) is 4.45. The molecule has 0 bridgehead atoms. The molecule has 120 valence electrons. The molecular formula is C15H21N3O2S2. The smallest absolute Gasteiger partial charge is 0.208 e. The molecule has 0 radical (unpaired) electrons. The van der Waals surface area contributed by atoms with Gasteiger partial charge in [0, 0.05) is 17.6 Å². The Morgan fingerprint density at radius 2 is 1.95 bits per heavy atom. The average Bonchev–Trinajstić information content (AvgIpc) is 2.92. The second-order valence-corrected chi connectivity index (χ2v) is 8.70. The van der Waals surface area contributed by atoms with Gasteiger partial charge in [-0.1, -0.05) is 49.9 Å². The molecule has 0 fully saturated rings. The van der Waals surface area contributed by atoms with Crippen LogP contribution in [-0.4, -0.2) is 41.4 Å². The van der Waals surface area contributed by atoms with Crippen LogP contribution in [0.4, 0.5) is 0 Å². The van der Waals surface area contributed by atoms with Gasteiger partial charge in [0.25, 0.3) is 0 Å². The summed E-state index contributed by atoms with van der Waals surface area (Å²) in [6, 6.07) is 8.22. The van der Waals surface area contributed by atoms with Gasteiger partial charge in [0.15, 0.2) is 5.82 Å². The summed E-state index contributed by atoms with van der Waals surface area (Å²) in [5.74, 6) is 1.68. The zero-order chi connectivity index (χ0) is 16.2. The first kappa shape index (κ1) is 17.0. The third-order valence-electron chi connectivity index (χ3n) is 3.18. The molecule has 0 aliphatic carbocycles. The van der Waals surface area contributed by atoms with E-state index in [2.05, 4.69) is 34.2 Å². The van der Waals surface area contributed by atoms with Crippen LogP contribution in [0.3, 0.4) is 0 Å². The lowest BCUT2D eigenvalue weighted by Crippen LogP contribution is -2.13. The predicted octanol–water partition coefficient (Wildman–Crippen LogP) is 2.81. The largest absolute Gasteiger partial charge is 0.258 e. The lowest BCUT2D eigenvalue weighted by Gasteiger charge is -2.07. The molecule has 5 nitrogen and oxygen atoms in total. The number of rotatable bonds is 7. The summed E-state index contributed by atoms with van der Waals surface area (Å²) in [5, 5.41) is 7.76. The van der Waals surface area contributed by atoms with Gasteiger partial charge in [0.05, 0.1) is 5.75 Å². The summed E-state index contributed by atoms with van der Waals surface area (Å²) in [7, 11) is -2.93. The van der Waals surface area contributed by atoms with Crippen molar-refractivity contribution in [3.05, 3.63) is 29.8 Å². The molecule has 1 atom stereocenters. The van der Waals surface area contributed by atoms with Crippen molar-refractivity contribution in [3.63, 3.8) is 0 Å². The van der Waals surface area contributed by atoms with Crippen molar-refractivity contribution in [1.82, 2.24) is 15.2 Å². The van der Waals surface area contributed by atoms with Gasteiger partial charge in [-0.3, -0.25) is 5.10 Å². The summed E-state index contributed by atoms with van der Waals surface area (Å²) >= 11 is 1.47. The molecule has 7 heteroatoms. The summed E-state index contributed by atoms with van der Waals surface area (Å²) in [6.07, 6.45) is 2.27. The SMILES string of the molecule is CCc1ccc(-c2nc(SC[C@H](C)CS(C)(=O)=O)n[nH]2)cc1. The first-order valence-corrected chi connectivity index (χ1v) is 10.2. The summed E-state index contributed by atoms with van der Waals surface area (Å²) in [5.41, 5.74) is 2.29. The molecule has 1 N–H and O–H groups in total. The van der Waals surface area contributed by atoms with Crippen molar-refractivity contribution in [2.24, 2.45) is 5.92 Å². The lowest BCUT2D eigenvalue weighted by atomic mass is 10.1. The lowest BCUT2D eigenvalue weighted by molar-refractivity contribution is 0.589. The Balaban J connectivity index is 1.96. The minimum absolute atomic E-state index is 0.0748. The maximum Gasteiger partial charge on any atom is 0.208 e. The highest BCUT2D eigenvalue weighted by molar-refractivity contribution is 7.99. The van der Waals surface area contributed by atoms with E-state index in [1.807, 2.05) is 19.1 Å². The van der Waals surface area contributed by atoms with E-state index in [0.29, 0.717) is 10.9 Å². The van der Waals surface area contributed by atoms with Crippen molar-refractivity contribution in [3.8, 4) is 11.4 Å². The van der Waals surface area contributed by atoms with Crippen LogP contribution in [0.1, 0.15) is 19.4 Å². The van der Waals surface area contributed by atoms with Crippen LogP contribution in [0.5, 0.6) is 0 Å². The van der Waals surface area contributed by atoms with Crippen molar-refractivity contribution in [2.45, 2.75) is 25.4 Å². The Labute approximate surface area is 135 Å². The number of aromatic amines is 1. The maximum atomic E-state index is 11.2. The zero-order valence-corrected chi connectivity index (χ0v) is 14.7. The van der Waals surface area contributed by atoms with Crippen LogP contribution in [0.2, 0.25) is 0 Å². The highest BCUT2D eigenvalue weighted by Crippen LogP contribution is 2.21. The van der Waals surface area contributed by atoms with Gasteiger partial charge in [-0.25, -0.2) is 13.4 Å². The maximum absolute atomic E-state index is 11.2. The predicted molar refractivity (Wildman–Crippen MR) is 90.8 cm³/mol. The van der Waals surface area contributed by atoms with Crippen molar-refractivity contribution < 1.29 is 8.42 Å². The third kappa shape index (κ3) is 5.14. The Bertz CT molecular complexity index is 709. The molecule has 0 saturated carbocycles. The fourth-order valence-electron chi connectivity index (χ4n) is 2.12. The highest BCUT2D eigenvalue weighted by Gasteiger charge is 2.13. The molecule has 0 unspecified atom stereocenters. The fourth-order valence-corrected chi connectivity index (χ4v) is 4.24. The average molecular weight is 339 g/mol. The van der Waals surface area contributed by atoms with Gasteiger partial charge in [-0.05, 0) is 17.9 Å². The second-order valence-electron chi connectivity index (χ2n) is 5.53. The van der Waals surface area contributed by atoms with E-state index in [1.165, 1.54) is 23.6 Å². The molecule has 2 aromatic rings. The molecule has 22 heavy (non-hydrogen) atoms. The number of H-pyrrole nitrogens is 1. The van der Waals surface area contributed by atoms with E-state index in [4.69, 9.17) is 0 Å². The number of sulfone groups is 1. The molecule has 0 amide bonds. The van der Waals surface area contributed by atoms with Crippen LogP contribution in [0.15, 0.2) is 29.4 Å². The van der Waals surface area contributed by atoms with Gasteiger partial charge < -0.3 is 0 Å². The Hall–Kier alpha value is -1.34. The minimum atomic E-state index is -2.93. The topological polar surface area (TPSA) is 75.7 Å². The Kier molecular flexibility index (Phi) is 5.63. The molecular weight excluding hydrogens is 318 g/mol. The van der Waals surface area contributed by atoms with Crippen LogP contribution in [0.25, 0.3) is 11.4 Å². The molecule has 0 spiro atoms. The molecule has 0 aliphatic rings. The standard InChI is InChI=1S/C15H21N3O2S2/c1-4-12-5-7-13(8-6-12)14-16-15(18-17-14)21-9-11(2)10-22(3,19)20/h5-8,11H,4,9-10H2,1-3H3,(H,16,17,18)/t11-/m0/s1. The van der Waals surface area contributed by atoms with Crippen LogP contribution in [0, 0.1) is 5.92 Å². The van der Waals surface area contributed by atoms with Crippen LogP contribution >= 0.6 is 11.8 Å². The molecule has 2 rings (SSSR count). The molecule has 0 aliphatic heterocycles. The summed E-state index contributed by atoms with van der Waals surface area (Å²) < 4.78 is 22.5. The number of nitrogens with one attached hydrogen (secondary N) is 1. The fraction of sp³-hybridized carbons (Fsp3) is 0.467. The van der Waals surface area contributed by atoms with Gasteiger partial charge >= 0.3 is 0 Å². The van der Waals surface area contributed by atoms with E-state index < -0.39 is 9.84 Å². The quantitative estimate of drug-likeness (QED) is 0.785. The van der Waals surface area contributed by atoms with Gasteiger partial charge in [-0.2, -0.15) is 0 Å². The first-order valence-electron chi connectivity index (χ1n) is 7.19. The number of benzene rings is 1. The van der Waals surface area contributed by atoms with E-state index in [9.17, 15) is 8.42 Å². The normalized spacial score (nSPS) is 13.2.